The van der Waals surface area contributed by atoms with Gasteiger partial charge < -0.3 is 14.5 Å². The van der Waals surface area contributed by atoms with Gasteiger partial charge >= 0.3 is 12.4 Å². The number of hydrogen-bond donors (Lipinski definition) is 0. The summed E-state index contributed by atoms with van der Waals surface area (Å²) in [7, 11) is 0. The van der Waals surface area contributed by atoms with Crippen molar-refractivity contribution in [3.63, 3.8) is 0 Å². The number of pyridine rings is 1. The third kappa shape index (κ3) is 6.48. The van der Waals surface area contributed by atoms with Gasteiger partial charge in [-0.15, -0.1) is 11.3 Å². The second-order valence-electron chi connectivity index (χ2n) is 10.9. The molecule has 2 aliphatic heterocycles. The maximum atomic E-state index is 14.7. The highest BCUT2D eigenvalue weighted by molar-refractivity contribution is 7.10. The fourth-order valence-corrected chi connectivity index (χ4v) is 7.23. The second-order valence-corrected chi connectivity index (χ2v) is 12.6. The highest BCUT2D eigenvalue weighted by Gasteiger charge is 2.56. The fourth-order valence-electron chi connectivity index (χ4n) is 6.10. The van der Waals surface area contributed by atoms with Gasteiger partial charge in [0.1, 0.15) is 16.3 Å². The number of amides is 2. The third-order valence-corrected chi connectivity index (χ3v) is 9.89. The number of thiophene rings is 1. The number of likely N-dealkylation sites (tertiary alicyclic amines) is 1. The van der Waals surface area contributed by atoms with Gasteiger partial charge in [-0.25, -0.2) is 0 Å². The van der Waals surface area contributed by atoms with Crippen LogP contribution in [0.25, 0.3) is 0 Å². The first-order valence-corrected chi connectivity index (χ1v) is 15.7. The van der Waals surface area contributed by atoms with Gasteiger partial charge in [-0.2, -0.15) is 26.3 Å². The van der Waals surface area contributed by atoms with Gasteiger partial charge in [0.15, 0.2) is 0 Å². The minimum absolute atomic E-state index is 0.00978. The zero-order valence-corrected chi connectivity index (χ0v) is 26.1. The summed E-state index contributed by atoms with van der Waals surface area (Å²) in [6.07, 6.45) is -7.49. The van der Waals surface area contributed by atoms with Gasteiger partial charge in [0, 0.05) is 43.7 Å². The molecule has 2 aromatic heterocycles. The van der Waals surface area contributed by atoms with Gasteiger partial charge in [-0.3, -0.25) is 14.6 Å². The average Bonchev–Trinajstić information content (AvgIpc) is 3.48. The molecule has 3 aromatic rings. The highest BCUT2D eigenvalue weighted by Crippen LogP contribution is 2.43. The van der Waals surface area contributed by atoms with Crippen LogP contribution in [0.5, 0.6) is 5.75 Å². The molecular formula is C30H27Cl2F6N3O3S. The first-order chi connectivity index (χ1) is 21.2. The summed E-state index contributed by atoms with van der Waals surface area (Å²) in [4.78, 5) is 34.0. The lowest BCUT2D eigenvalue weighted by Gasteiger charge is -2.50. The molecule has 0 saturated carbocycles. The minimum Gasteiger partial charge on any atom is -0.474 e. The maximum absolute atomic E-state index is 14.7. The van der Waals surface area contributed by atoms with E-state index in [1.165, 1.54) is 4.90 Å². The zero-order chi connectivity index (χ0) is 32.7. The number of halogens is 8. The Bertz CT molecular complexity index is 1600. The fraction of sp³-hybridized carbons (Fsp3) is 0.433. The number of alkyl halides is 6. The van der Waals surface area contributed by atoms with Gasteiger partial charge in [0.25, 0.3) is 11.8 Å². The molecule has 0 unspecified atom stereocenters. The van der Waals surface area contributed by atoms with Crippen molar-refractivity contribution in [3.05, 3.63) is 79.2 Å². The van der Waals surface area contributed by atoms with Gasteiger partial charge in [0.2, 0.25) is 5.60 Å². The van der Waals surface area contributed by atoms with Crippen molar-refractivity contribution >= 4 is 46.4 Å². The van der Waals surface area contributed by atoms with E-state index in [0.29, 0.717) is 39.8 Å². The smallest absolute Gasteiger partial charge is 0.425 e. The van der Waals surface area contributed by atoms with Crippen molar-refractivity contribution in [2.24, 2.45) is 0 Å². The maximum Gasteiger partial charge on any atom is 0.425 e. The summed E-state index contributed by atoms with van der Waals surface area (Å²) < 4.78 is 88.5. The number of rotatable bonds is 6. The summed E-state index contributed by atoms with van der Waals surface area (Å²) in [6.45, 7) is 2.01. The number of aromatic nitrogens is 1. The Hall–Kier alpha value is -3.03. The van der Waals surface area contributed by atoms with E-state index in [1.54, 1.807) is 19.1 Å². The molecule has 2 atom stereocenters. The molecule has 0 spiro atoms. The van der Waals surface area contributed by atoms with E-state index >= 15 is 0 Å². The molecule has 242 valence electrons. The number of ether oxygens (including phenoxy) is 1. The van der Waals surface area contributed by atoms with E-state index in [-0.39, 0.29) is 44.6 Å². The summed E-state index contributed by atoms with van der Waals surface area (Å²) in [5.74, 6) is -1.86. The van der Waals surface area contributed by atoms with Crippen LogP contribution in [0.2, 0.25) is 10.0 Å². The molecule has 45 heavy (non-hydrogen) atoms. The number of carbonyl (C=O) groups is 2. The van der Waals surface area contributed by atoms with Crippen LogP contribution in [-0.2, 0) is 30.1 Å². The topological polar surface area (TPSA) is 62.7 Å². The molecule has 6 nitrogen and oxygen atoms in total. The van der Waals surface area contributed by atoms with E-state index < -0.39 is 51.9 Å². The van der Waals surface area contributed by atoms with Crippen LogP contribution in [0, 0.1) is 0 Å². The molecule has 15 heteroatoms. The summed E-state index contributed by atoms with van der Waals surface area (Å²) in [6, 6.07) is 4.81. The number of carbonyl (C=O) groups excluding carboxylic acids is 2. The molecule has 0 bridgehead atoms. The molecule has 4 heterocycles. The van der Waals surface area contributed by atoms with Crippen molar-refractivity contribution in [1.82, 2.24) is 14.8 Å². The van der Waals surface area contributed by atoms with Crippen LogP contribution in [0.1, 0.15) is 64.7 Å². The Balaban J connectivity index is 1.59. The monoisotopic (exact) mass is 693 g/mol. The first kappa shape index (κ1) is 33.3. The normalized spacial score (nSPS) is 20.6. The number of piperidine rings is 1. The Morgan fingerprint density at radius 3 is 2.53 bits per heavy atom. The van der Waals surface area contributed by atoms with E-state index in [9.17, 15) is 35.9 Å². The van der Waals surface area contributed by atoms with Gasteiger partial charge in [-0.05, 0) is 48.6 Å². The van der Waals surface area contributed by atoms with Crippen molar-refractivity contribution in [3.8, 4) is 5.75 Å². The van der Waals surface area contributed by atoms with E-state index in [1.807, 2.05) is 0 Å². The Kier molecular flexibility index (Phi) is 9.36. The molecule has 0 aliphatic carbocycles. The minimum atomic E-state index is -4.88. The molecule has 0 radical (unpaired) electrons. The van der Waals surface area contributed by atoms with Crippen LogP contribution in [0.15, 0.2) is 41.9 Å². The molecule has 1 saturated heterocycles. The number of hydrogen-bond acceptors (Lipinski definition) is 5. The lowest BCUT2D eigenvalue weighted by Crippen LogP contribution is -2.68. The predicted molar refractivity (Wildman–Crippen MR) is 156 cm³/mol. The summed E-state index contributed by atoms with van der Waals surface area (Å²) >= 11 is 13.0. The lowest BCUT2D eigenvalue weighted by atomic mass is 9.79. The van der Waals surface area contributed by atoms with Crippen LogP contribution >= 0.6 is 34.5 Å². The van der Waals surface area contributed by atoms with Crippen LogP contribution in [-0.4, -0.2) is 51.3 Å². The summed E-state index contributed by atoms with van der Waals surface area (Å²) in [5.41, 5.74) is -2.49. The first-order valence-electron chi connectivity index (χ1n) is 14.1. The molecule has 2 aliphatic rings. The second kappa shape index (κ2) is 12.6. The zero-order valence-electron chi connectivity index (χ0n) is 23.8. The van der Waals surface area contributed by atoms with E-state index in [4.69, 9.17) is 27.9 Å². The standard InChI is InChI=1S/C30H27Cl2F6N3O3S/c1-2-5-22-28(44-18-14-23(45-16-18)30(36,37)38,27(43)40-13-9-19-17(15-40)7-8-21(31)24(19)32)10-4-12-41(22)26(42)25-20(29(33,34)35)6-3-11-39-25/h3,6-8,11,14,16,22H,2,4-5,9-10,12-13,15H2,1H3/t22-,28-/m1/s1. The van der Waals surface area contributed by atoms with E-state index in [2.05, 4.69) is 4.98 Å². The van der Waals surface area contributed by atoms with Crippen molar-refractivity contribution in [2.75, 3.05) is 13.1 Å². The molecule has 1 aromatic carbocycles. The third-order valence-electron chi connectivity index (χ3n) is 8.09. The van der Waals surface area contributed by atoms with Crippen molar-refractivity contribution < 1.29 is 40.7 Å². The summed E-state index contributed by atoms with van der Waals surface area (Å²) in [5, 5.41) is 1.85. The Morgan fingerprint density at radius 2 is 1.87 bits per heavy atom. The van der Waals surface area contributed by atoms with Crippen molar-refractivity contribution in [2.45, 2.75) is 69.6 Å². The predicted octanol–water partition coefficient (Wildman–Crippen LogP) is 8.29. The SMILES string of the molecule is CCC[C@H]1N(C(=O)c2ncccc2C(F)(F)F)CCC[C@]1(Oc1csc(C(F)(F)F)c1)C(=O)N1CCc2c(ccc(Cl)c2Cl)C1. The Labute approximate surface area is 268 Å². The van der Waals surface area contributed by atoms with E-state index in [0.717, 1.165) is 40.2 Å². The molecule has 0 N–H and O–H groups in total. The number of nitrogens with zero attached hydrogens (tertiary/aromatic N) is 3. The van der Waals surface area contributed by atoms with Gasteiger partial charge in [-0.1, -0.05) is 42.6 Å². The van der Waals surface area contributed by atoms with Crippen LogP contribution in [0.4, 0.5) is 26.3 Å². The number of fused-ring (bicyclic) bond motifs is 1. The molecule has 5 rings (SSSR count). The highest BCUT2D eigenvalue weighted by atomic mass is 35.5. The molecular weight excluding hydrogens is 667 g/mol. The van der Waals surface area contributed by atoms with Crippen LogP contribution < -0.4 is 4.74 Å². The average molecular weight is 695 g/mol. The molecule has 2 amide bonds. The Morgan fingerprint density at radius 1 is 1.11 bits per heavy atom. The van der Waals surface area contributed by atoms with Crippen molar-refractivity contribution in [1.29, 1.82) is 0 Å². The number of benzene rings is 1. The van der Waals surface area contributed by atoms with Gasteiger partial charge in [0.05, 0.1) is 21.7 Å². The largest absolute Gasteiger partial charge is 0.474 e. The lowest BCUT2D eigenvalue weighted by molar-refractivity contribution is -0.160. The van der Waals surface area contributed by atoms with Crippen LogP contribution in [0.3, 0.4) is 0 Å². The molecule has 1 fully saturated rings. The quantitative estimate of drug-likeness (QED) is 0.244.